The average molecular weight is 439 g/mol. The van der Waals surface area contributed by atoms with Gasteiger partial charge in [0.1, 0.15) is 5.75 Å². The molecule has 1 saturated carbocycles. The van der Waals surface area contributed by atoms with Gasteiger partial charge >= 0.3 is 6.61 Å². The van der Waals surface area contributed by atoms with Crippen molar-refractivity contribution in [3.05, 3.63) is 29.8 Å². The van der Waals surface area contributed by atoms with Gasteiger partial charge in [-0.15, -0.1) is 24.0 Å². The van der Waals surface area contributed by atoms with Gasteiger partial charge in [-0.05, 0) is 43.4 Å². The van der Waals surface area contributed by atoms with E-state index >= 15 is 0 Å². The molecule has 1 N–H and O–H groups in total. The highest BCUT2D eigenvalue weighted by Gasteiger charge is 2.21. The Balaban J connectivity index is 0.00000264. The quantitative estimate of drug-likeness (QED) is 0.400. The van der Waals surface area contributed by atoms with Crippen molar-refractivity contribution in [2.45, 2.75) is 32.9 Å². The molecule has 0 radical (unpaired) electrons. The van der Waals surface area contributed by atoms with E-state index in [1.54, 1.807) is 24.3 Å². The van der Waals surface area contributed by atoms with E-state index in [1.807, 2.05) is 18.9 Å². The highest BCUT2D eigenvalue weighted by atomic mass is 127. The summed E-state index contributed by atoms with van der Waals surface area (Å²) in [6.07, 6.45) is 2.55. The molecule has 1 aliphatic carbocycles. The van der Waals surface area contributed by atoms with Crippen molar-refractivity contribution < 1.29 is 13.5 Å². The molecule has 1 fully saturated rings. The molecule has 0 heterocycles. The van der Waals surface area contributed by atoms with Crippen LogP contribution in [0.5, 0.6) is 5.75 Å². The number of guanidine groups is 1. The molecule has 2 rings (SSSR count). The van der Waals surface area contributed by atoms with Gasteiger partial charge in [0.15, 0.2) is 5.96 Å². The predicted molar refractivity (Wildman–Crippen MR) is 98.7 cm³/mol. The summed E-state index contributed by atoms with van der Waals surface area (Å²) in [5.74, 6) is 1.80. The maximum atomic E-state index is 12.1. The van der Waals surface area contributed by atoms with Crippen LogP contribution in [0, 0.1) is 5.92 Å². The summed E-state index contributed by atoms with van der Waals surface area (Å²) >= 11 is 0. The fourth-order valence-corrected chi connectivity index (χ4v) is 2.11. The summed E-state index contributed by atoms with van der Waals surface area (Å²) in [5.41, 5.74) is 1.01. The van der Waals surface area contributed by atoms with Crippen molar-refractivity contribution in [1.82, 2.24) is 10.2 Å². The molecule has 1 aromatic rings. The maximum absolute atomic E-state index is 12.1. The minimum atomic E-state index is -2.79. The van der Waals surface area contributed by atoms with E-state index in [-0.39, 0.29) is 29.7 Å². The zero-order chi connectivity index (χ0) is 15.9. The number of nitrogens with zero attached hydrogens (tertiary/aromatic N) is 2. The molecule has 0 amide bonds. The largest absolute Gasteiger partial charge is 0.435 e. The molecule has 0 aliphatic heterocycles. The first kappa shape index (κ1) is 19.9. The minimum absolute atomic E-state index is 0. The number of rotatable bonds is 7. The highest BCUT2D eigenvalue weighted by molar-refractivity contribution is 14.0. The molecule has 1 aliphatic rings. The van der Waals surface area contributed by atoms with Crippen molar-refractivity contribution >= 4 is 29.9 Å². The molecule has 130 valence electrons. The summed E-state index contributed by atoms with van der Waals surface area (Å²) in [6, 6.07) is 6.70. The van der Waals surface area contributed by atoms with Crippen molar-refractivity contribution in [3.8, 4) is 5.75 Å². The van der Waals surface area contributed by atoms with Gasteiger partial charge in [-0.2, -0.15) is 8.78 Å². The lowest BCUT2D eigenvalue weighted by Crippen LogP contribution is -2.38. The fourth-order valence-electron chi connectivity index (χ4n) is 2.11. The summed E-state index contributed by atoms with van der Waals surface area (Å²) in [4.78, 5) is 6.67. The standard InChI is InChI=1S/C16H23F2N3O.HI/c1-3-19-16(20-10-12-4-5-12)21(2)11-13-6-8-14(9-7-13)22-15(17)18;/h6-9,12,15H,3-5,10-11H2,1-2H3,(H,19,20);1H. The van der Waals surface area contributed by atoms with E-state index < -0.39 is 6.61 Å². The monoisotopic (exact) mass is 439 g/mol. The number of ether oxygens (including phenoxy) is 1. The molecule has 0 spiro atoms. The number of halogens is 3. The van der Waals surface area contributed by atoms with Gasteiger partial charge in [0.05, 0.1) is 0 Å². The Morgan fingerprint density at radius 2 is 2.00 bits per heavy atom. The summed E-state index contributed by atoms with van der Waals surface area (Å²) in [6.45, 7) is 1.59. The Kier molecular flexibility index (Phi) is 8.57. The number of benzene rings is 1. The summed E-state index contributed by atoms with van der Waals surface area (Å²) in [7, 11) is 1.97. The van der Waals surface area contributed by atoms with Crippen LogP contribution in [0.25, 0.3) is 0 Å². The van der Waals surface area contributed by atoms with Crippen molar-refractivity contribution in [1.29, 1.82) is 0 Å². The zero-order valence-corrected chi connectivity index (χ0v) is 15.8. The molecule has 0 atom stereocenters. The molecule has 23 heavy (non-hydrogen) atoms. The van der Waals surface area contributed by atoms with Gasteiger partial charge in [0, 0.05) is 26.7 Å². The molecule has 4 nitrogen and oxygen atoms in total. The Hall–Kier alpha value is -1.12. The van der Waals surface area contributed by atoms with Crippen LogP contribution in [-0.4, -0.2) is 37.6 Å². The first-order valence-corrected chi connectivity index (χ1v) is 7.61. The Morgan fingerprint density at radius 1 is 1.35 bits per heavy atom. The van der Waals surface area contributed by atoms with Gasteiger partial charge in [0.25, 0.3) is 0 Å². The first-order chi connectivity index (χ1) is 10.6. The van der Waals surface area contributed by atoms with E-state index in [1.165, 1.54) is 12.8 Å². The Labute approximate surface area is 153 Å². The second-order valence-corrected chi connectivity index (χ2v) is 5.52. The summed E-state index contributed by atoms with van der Waals surface area (Å²) < 4.78 is 28.6. The lowest BCUT2D eigenvalue weighted by molar-refractivity contribution is -0.0498. The van der Waals surface area contributed by atoms with Gasteiger partial charge in [-0.3, -0.25) is 4.99 Å². The third-order valence-corrected chi connectivity index (χ3v) is 3.46. The fraction of sp³-hybridized carbons (Fsp3) is 0.562. The highest BCUT2D eigenvalue weighted by Crippen LogP contribution is 2.28. The van der Waals surface area contributed by atoms with Gasteiger partial charge in [0.2, 0.25) is 0 Å². The number of aliphatic imine (C=N–C) groups is 1. The van der Waals surface area contributed by atoms with Crippen LogP contribution in [0.3, 0.4) is 0 Å². The van der Waals surface area contributed by atoms with Crippen LogP contribution < -0.4 is 10.1 Å². The smallest absolute Gasteiger partial charge is 0.387 e. The van der Waals surface area contributed by atoms with Crippen LogP contribution in [0.2, 0.25) is 0 Å². The van der Waals surface area contributed by atoms with Crippen LogP contribution >= 0.6 is 24.0 Å². The third-order valence-electron chi connectivity index (χ3n) is 3.46. The molecule has 7 heteroatoms. The molecule has 0 saturated heterocycles. The molecule has 0 unspecified atom stereocenters. The van der Waals surface area contributed by atoms with Crippen LogP contribution in [-0.2, 0) is 6.54 Å². The van der Waals surface area contributed by atoms with Crippen LogP contribution in [0.4, 0.5) is 8.78 Å². The second-order valence-electron chi connectivity index (χ2n) is 5.52. The van der Waals surface area contributed by atoms with E-state index in [0.717, 1.165) is 30.5 Å². The maximum Gasteiger partial charge on any atom is 0.387 e. The second kappa shape index (κ2) is 9.89. The average Bonchev–Trinajstić information content (AvgIpc) is 3.29. The lowest BCUT2D eigenvalue weighted by Gasteiger charge is -2.22. The van der Waals surface area contributed by atoms with Crippen LogP contribution in [0.1, 0.15) is 25.3 Å². The number of alkyl halides is 2. The topological polar surface area (TPSA) is 36.9 Å². The SMILES string of the molecule is CCNC(=NCC1CC1)N(C)Cc1ccc(OC(F)F)cc1.I. The minimum Gasteiger partial charge on any atom is -0.435 e. The molecule has 0 aromatic heterocycles. The molecular formula is C16H24F2IN3O. The van der Waals surface area contributed by atoms with E-state index in [9.17, 15) is 8.78 Å². The predicted octanol–water partition coefficient (Wildman–Crippen LogP) is 3.71. The normalized spacial score (nSPS) is 14.4. The van der Waals surface area contributed by atoms with Gasteiger partial charge in [-0.1, -0.05) is 12.1 Å². The van der Waals surface area contributed by atoms with Crippen LogP contribution in [0.15, 0.2) is 29.3 Å². The van der Waals surface area contributed by atoms with Crippen molar-refractivity contribution in [3.63, 3.8) is 0 Å². The van der Waals surface area contributed by atoms with Gasteiger partial charge < -0.3 is 15.0 Å². The van der Waals surface area contributed by atoms with E-state index in [0.29, 0.717) is 6.54 Å². The van der Waals surface area contributed by atoms with E-state index in [2.05, 4.69) is 15.0 Å². The Morgan fingerprint density at radius 3 is 2.52 bits per heavy atom. The van der Waals surface area contributed by atoms with Crippen molar-refractivity contribution in [2.75, 3.05) is 20.1 Å². The number of nitrogens with one attached hydrogen (secondary N) is 1. The molecule has 0 bridgehead atoms. The molecule has 1 aromatic carbocycles. The summed E-state index contributed by atoms with van der Waals surface area (Å²) in [5, 5.41) is 3.28. The number of hydrogen-bond acceptors (Lipinski definition) is 2. The van der Waals surface area contributed by atoms with E-state index in [4.69, 9.17) is 0 Å². The van der Waals surface area contributed by atoms with Gasteiger partial charge in [-0.25, -0.2) is 0 Å². The Bertz CT molecular complexity index is 493. The lowest BCUT2D eigenvalue weighted by atomic mass is 10.2. The third kappa shape index (κ3) is 7.32. The zero-order valence-electron chi connectivity index (χ0n) is 13.5. The first-order valence-electron chi connectivity index (χ1n) is 7.61. The van der Waals surface area contributed by atoms with Crippen molar-refractivity contribution in [2.24, 2.45) is 10.9 Å². The molecular weight excluding hydrogens is 415 g/mol. The number of hydrogen-bond donors (Lipinski definition) is 1.